The van der Waals surface area contributed by atoms with Gasteiger partial charge in [0, 0.05) is 15.1 Å². The van der Waals surface area contributed by atoms with Crippen molar-refractivity contribution < 1.29 is 14.3 Å². The lowest BCUT2D eigenvalue weighted by Gasteiger charge is -2.12. The number of aromatic nitrogens is 2. The number of thioether (sulfide) groups is 1. The lowest BCUT2D eigenvalue weighted by atomic mass is 9.95. The summed E-state index contributed by atoms with van der Waals surface area (Å²) in [4.78, 5) is 37.4. The van der Waals surface area contributed by atoms with Crippen LogP contribution in [0.25, 0.3) is 10.2 Å². The standard InChI is InChI=1S/C21H23N3O3S3/c1-4-27-21(26)17-13-7-5-6-8-14(13)30-20(17)24-15(25)9-28-18-16-11(2)12(3)29-19(16)23-10-22-18/h10H,4-9H2,1-3H3,(H,24,25). The molecular formula is C21H23N3O3S3. The molecule has 0 saturated heterocycles. The SMILES string of the molecule is CCOC(=O)c1c(NC(=O)CSc2ncnc3sc(C)c(C)c23)sc2c1CCCC2. The Labute approximate surface area is 187 Å². The van der Waals surface area contributed by atoms with E-state index >= 15 is 0 Å². The Kier molecular flexibility index (Phi) is 6.40. The number of ether oxygens (including phenoxy) is 1. The maximum absolute atomic E-state index is 12.7. The summed E-state index contributed by atoms with van der Waals surface area (Å²) in [6.07, 6.45) is 5.53. The number of carbonyl (C=O) groups is 2. The zero-order valence-electron chi connectivity index (χ0n) is 17.2. The molecule has 1 amide bonds. The number of nitrogens with zero attached hydrogens (tertiary/aromatic N) is 2. The van der Waals surface area contributed by atoms with E-state index in [4.69, 9.17) is 4.74 Å². The van der Waals surface area contributed by atoms with Crippen molar-refractivity contribution in [2.75, 3.05) is 17.7 Å². The van der Waals surface area contributed by atoms with Gasteiger partial charge in [-0.3, -0.25) is 4.79 Å². The first-order chi connectivity index (χ1) is 14.5. The summed E-state index contributed by atoms with van der Waals surface area (Å²) in [7, 11) is 0. The fourth-order valence-electron chi connectivity index (χ4n) is 3.63. The maximum atomic E-state index is 12.7. The molecule has 0 unspecified atom stereocenters. The highest BCUT2D eigenvalue weighted by atomic mass is 32.2. The smallest absolute Gasteiger partial charge is 0.341 e. The van der Waals surface area contributed by atoms with E-state index in [0.29, 0.717) is 17.2 Å². The van der Waals surface area contributed by atoms with E-state index in [9.17, 15) is 9.59 Å². The molecule has 3 heterocycles. The van der Waals surface area contributed by atoms with Crippen molar-refractivity contribution in [2.24, 2.45) is 0 Å². The minimum atomic E-state index is -0.346. The van der Waals surface area contributed by atoms with Crippen molar-refractivity contribution >= 4 is 61.5 Å². The van der Waals surface area contributed by atoms with E-state index < -0.39 is 0 Å². The summed E-state index contributed by atoms with van der Waals surface area (Å²) in [6.45, 7) is 6.24. The Bertz CT molecular complexity index is 1120. The van der Waals surface area contributed by atoms with Gasteiger partial charge in [-0.15, -0.1) is 22.7 Å². The third kappa shape index (κ3) is 4.10. The molecule has 0 fully saturated rings. The van der Waals surface area contributed by atoms with E-state index in [1.54, 1.807) is 24.6 Å². The normalized spacial score (nSPS) is 13.3. The van der Waals surface area contributed by atoms with Crippen molar-refractivity contribution in [2.45, 2.75) is 51.5 Å². The fourth-order valence-corrected chi connectivity index (χ4v) is 6.84. The average Bonchev–Trinajstić information content (AvgIpc) is 3.23. The molecule has 3 aromatic rings. The van der Waals surface area contributed by atoms with Gasteiger partial charge in [0.1, 0.15) is 21.2 Å². The van der Waals surface area contributed by atoms with Gasteiger partial charge in [0.2, 0.25) is 5.91 Å². The van der Waals surface area contributed by atoms with Crippen LogP contribution in [-0.2, 0) is 22.4 Å². The molecule has 6 nitrogen and oxygen atoms in total. The Balaban J connectivity index is 1.52. The molecule has 0 radical (unpaired) electrons. The zero-order chi connectivity index (χ0) is 21.3. The van der Waals surface area contributed by atoms with Gasteiger partial charge in [0.05, 0.1) is 17.9 Å². The van der Waals surface area contributed by atoms with Crippen LogP contribution in [-0.4, -0.2) is 34.2 Å². The summed E-state index contributed by atoms with van der Waals surface area (Å²) in [5.74, 6) is -0.284. The van der Waals surface area contributed by atoms with Gasteiger partial charge in [0.15, 0.2) is 0 Å². The molecule has 0 aliphatic heterocycles. The van der Waals surface area contributed by atoms with Crippen molar-refractivity contribution in [3.8, 4) is 0 Å². The second kappa shape index (κ2) is 9.03. The molecule has 4 rings (SSSR count). The number of rotatable bonds is 6. The van der Waals surface area contributed by atoms with Gasteiger partial charge >= 0.3 is 5.97 Å². The first-order valence-electron chi connectivity index (χ1n) is 9.94. The molecule has 0 saturated carbocycles. The minimum Gasteiger partial charge on any atom is -0.462 e. The van der Waals surface area contributed by atoms with Crippen molar-refractivity contribution in [1.29, 1.82) is 0 Å². The number of hydrogen-bond donors (Lipinski definition) is 1. The van der Waals surface area contributed by atoms with Crippen LogP contribution in [0.4, 0.5) is 5.00 Å². The van der Waals surface area contributed by atoms with Gasteiger partial charge in [0.25, 0.3) is 0 Å². The number of hydrogen-bond acceptors (Lipinski definition) is 8. The van der Waals surface area contributed by atoms with Gasteiger partial charge < -0.3 is 10.1 Å². The van der Waals surface area contributed by atoms with Crippen LogP contribution in [0, 0.1) is 13.8 Å². The lowest BCUT2D eigenvalue weighted by molar-refractivity contribution is -0.113. The van der Waals surface area contributed by atoms with Gasteiger partial charge in [-0.05, 0) is 57.6 Å². The average molecular weight is 462 g/mol. The quantitative estimate of drug-likeness (QED) is 0.310. The third-order valence-electron chi connectivity index (χ3n) is 5.17. The Morgan fingerprint density at radius 3 is 2.80 bits per heavy atom. The van der Waals surface area contributed by atoms with Crippen LogP contribution >= 0.6 is 34.4 Å². The predicted octanol–water partition coefficient (Wildman–Crippen LogP) is 5.16. The molecule has 0 atom stereocenters. The Hall–Kier alpha value is -1.97. The van der Waals surface area contributed by atoms with Crippen LogP contribution in [0.5, 0.6) is 0 Å². The molecule has 0 spiro atoms. The van der Waals surface area contributed by atoms with E-state index in [1.165, 1.54) is 32.9 Å². The zero-order valence-corrected chi connectivity index (χ0v) is 19.6. The van der Waals surface area contributed by atoms with Crippen LogP contribution < -0.4 is 5.32 Å². The maximum Gasteiger partial charge on any atom is 0.341 e. The summed E-state index contributed by atoms with van der Waals surface area (Å²) < 4.78 is 5.26. The molecule has 9 heteroatoms. The molecule has 3 aromatic heterocycles. The van der Waals surface area contributed by atoms with Crippen LogP contribution in [0.1, 0.15) is 51.0 Å². The minimum absolute atomic E-state index is 0.152. The molecular weight excluding hydrogens is 438 g/mol. The Morgan fingerprint density at radius 2 is 2.00 bits per heavy atom. The molecule has 0 bridgehead atoms. The van der Waals surface area contributed by atoms with Crippen LogP contribution in [0.15, 0.2) is 11.4 Å². The van der Waals surface area contributed by atoms with Crippen LogP contribution in [0.3, 0.4) is 0 Å². The first-order valence-corrected chi connectivity index (χ1v) is 12.6. The highest BCUT2D eigenvalue weighted by Gasteiger charge is 2.27. The highest BCUT2D eigenvalue weighted by Crippen LogP contribution is 2.39. The lowest BCUT2D eigenvalue weighted by Crippen LogP contribution is -2.17. The third-order valence-corrected chi connectivity index (χ3v) is 8.49. The van der Waals surface area contributed by atoms with Gasteiger partial charge in [-0.1, -0.05) is 11.8 Å². The van der Waals surface area contributed by atoms with E-state index in [0.717, 1.165) is 52.1 Å². The van der Waals surface area contributed by atoms with E-state index in [2.05, 4.69) is 29.1 Å². The molecule has 30 heavy (non-hydrogen) atoms. The molecule has 158 valence electrons. The second-order valence-electron chi connectivity index (χ2n) is 7.11. The monoisotopic (exact) mass is 461 g/mol. The largest absolute Gasteiger partial charge is 0.462 e. The van der Waals surface area contributed by atoms with Gasteiger partial charge in [-0.25, -0.2) is 14.8 Å². The molecule has 1 aliphatic rings. The molecule has 0 aromatic carbocycles. The number of anilines is 1. The predicted molar refractivity (Wildman–Crippen MR) is 123 cm³/mol. The van der Waals surface area contributed by atoms with E-state index in [-0.39, 0.29) is 17.6 Å². The first kappa shape index (κ1) is 21.3. The topological polar surface area (TPSA) is 81.2 Å². The number of esters is 1. The summed E-state index contributed by atoms with van der Waals surface area (Å²) in [6, 6.07) is 0. The second-order valence-corrected chi connectivity index (χ2v) is 10.4. The summed E-state index contributed by atoms with van der Waals surface area (Å²) >= 11 is 4.54. The number of amides is 1. The highest BCUT2D eigenvalue weighted by molar-refractivity contribution is 8.00. The van der Waals surface area contributed by atoms with Gasteiger partial charge in [-0.2, -0.15) is 0 Å². The van der Waals surface area contributed by atoms with Crippen LogP contribution in [0.2, 0.25) is 0 Å². The summed E-state index contributed by atoms with van der Waals surface area (Å²) in [5.41, 5.74) is 2.76. The van der Waals surface area contributed by atoms with Crippen molar-refractivity contribution in [1.82, 2.24) is 9.97 Å². The number of aryl methyl sites for hydroxylation is 3. The number of thiophene rings is 2. The molecule has 1 N–H and O–H groups in total. The van der Waals surface area contributed by atoms with Crippen molar-refractivity contribution in [3.63, 3.8) is 0 Å². The number of carbonyl (C=O) groups excluding carboxylic acids is 2. The van der Waals surface area contributed by atoms with E-state index in [1.807, 2.05) is 0 Å². The summed E-state index contributed by atoms with van der Waals surface area (Å²) in [5, 5.41) is 5.41. The number of fused-ring (bicyclic) bond motifs is 2. The fraction of sp³-hybridized carbons (Fsp3) is 0.429. The van der Waals surface area contributed by atoms with Crippen molar-refractivity contribution in [3.05, 3.63) is 32.8 Å². The number of nitrogens with one attached hydrogen (secondary N) is 1. The molecule has 1 aliphatic carbocycles. The Morgan fingerprint density at radius 1 is 1.20 bits per heavy atom.